The fourth-order valence-corrected chi connectivity index (χ4v) is 3.98. The van der Waals surface area contributed by atoms with Crippen LogP contribution in [-0.2, 0) is 6.42 Å². The molecule has 8 nitrogen and oxygen atoms in total. The van der Waals surface area contributed by atoms with Crippen molar-refractivity contribution in [3.05, 3.63) is 59.0 Å². The third-order valence-corrected chi connectivity index (χ3v) is 5.38. The summed E-state index contributed by atoms with van der Waals surface area (Å²) in [5.41, 5.74) is 3.71. The lowest BCUT2D eigenvalue weighted by molar-refractivity contribution is 0.0988. The summed E-state index contributed by atoms with van der Waals surface area (Å²) < 4.78 is 16.2. The molecule has 0 fully saturated rings. The Morgan fingerprint density at radius 3 is 2.52 bits per heavy atom. The summed E-state index contributed by atoms with van der Waals surface area (Å²) >= 11 is 0. The lowest BCUT2D eigenvalue weighted by Gasteiger charge is -2.28. The molecule has 1 amide bonds. The van der Waals surface area contributed by atoms with Crippen molar-refractivity contribution in [3.63, 3.8) is 0 Å². The van der Waals surface area contributed by atoms with Crippen LogP contribution in [0, 0.1) is 5.92 Å². The zero-order valence-corrected chi connectivity index (χ0v) is 18.3. The quantitative estimate of drug-likeness (QED) is 0.623. The number of nitrogens with zero attached hydrogens (tertiary/aromatic N) is 3. The topological polar surface area (TPSA) is 89.6 Å². The second-order valence-corrected chi connectivity index (χ2v) is 7.81. The number of carbonyl (C=O) groups excluding carboxylic acids is 1. The molecule has 162 valence electrons. The van der Waals surface area contributed by atoms with Gasteiger partial charge in [0.2, 0.25) is 5.88 Å². The summed E-state index contributed by atoms with van der Waals surface area (Å²) in [6.45, 7) is 4.26. The highest BCUT2D eigenvalue weighted by Gasteiger charge is 2.44. The van der Waals surface area contributed by atoms with E-state index in [4.69, 9.17) is 14.2 Å². The number of anilines is 1. The van der Waals surface area contributed by atoms with Gasteiger partial charge in [-0.3, -0.25) is 14.8 Å². The Bertz CT molecular complexity index is 1090. The molecule has 0 bridgehead atoms. The second-order valence-electron chi connectivity index (χ2n) is 7.81. The fraction of sp³-hybridized carbons (Fsp3) is 0.348. The van der Waals surface area contributed by atoms with E-state index in [-0.39, 0.29) is 5.91 Å². The summed E-state index contributed by atoms with van der Waals surface area (Å²) in [5, 5.41) is 7.44. The molecule has 2 aromatic heterocycles. The highest BCUT2D eigenvalue weighted by atomic mass is 16.5. The van der Waals surface area contributed by atoms with Crippen molar-refractivity contribution in [3.8, 4) is 17.4 Å². The van der Waals surface area contributed by atoms with Crippen LogP contribution in [0.4, 0.5) is 5.69 Å². The van der Waals surface area contributed by atoms with Gasteiger partial charge in [-0.2, -0.15) is 5.10 Å². The molecule has 1 unspecified atom stereocenters. The van der Waals surface area contributed by atoms with E-state index >= 15 is 0 Å². The van der Waals surface area contributed by atoms with E-state index in [1.165, 1.54) is 0 Å². The van der Waals surface area contributed by atoms with Gasteiger partial charge < -0.3 is 14.2 Å². The lowest BCUT2D eigenvalue weighted by Crippen LogP contribution is -2.30. The molecule has 1 aliphatic heterocycles. The van der Waals surface area contributed by atoms with Crippen molar-refractivity contribution < 1.29 is 19.0 Å². The number of H-pyrrole nitrogens is 1. The molecule has 3 heterocycles. The van der Waals surface area contributed by atoms with Gasteiger partial charge in [-0.1, -0.05) is 13.8 Å². The molecule has 0 aliphatic carbocycles. The van der Waals surface area contributed by atoms with E-state index in [0.717, 1.165) is 23.2 Å². The Balaban J connectivity index is 1.91. The van der Waals surface area contributed by atoms with E-state index in [2.05, 4.69) is 29.0 Å². The summed E-state index contributed by atoms with van der Waals surface area (Å²) in [7, 11) is 4.75. The van der Waals surface area contributed by atoms with Gasteiger partial charge in [0, 0.05) is 23.9 Å². The standard InChI is InChI=1S/C23H26N4O4/c1-13(2)10-16-20-21(26-25-16)23(28)27(17-11-15(29-3)7-8-18(17)30-4)22(20)14-6-9-19(31-5)24-12-14/h6-9,11-13,22H,10H2,1-5H3,(H,25,26). The van der Waals surface area contributed by atoms with Crippen molar-refractivity contribution in [1.29, 1.82) is 0 Å². The average Bonchev–Trinajstić information content (AvgIpc) is 3.31. The molecule has 0 saturated heterocycles. The van der Waals surface area contributed by atoms with Gasteiger partial charge in [0.25, 0.3) is 5.91 Å². The molecule has 0 saturated carbocycles. The number of amides is 1. The number of aromatic amines is 1. The van der Waals surface area contributed by atoms with Gasteiger partial charge in [0.1, 0.15) is 17.2 Å². The Morgan fingerprint density at radius 1 is 1.10 bits per heavy atom. The lowest BCUT2D eigenvalue weighted by atomic mass is 9.96. The van der Waals surface area contributed by atoms with Gasteiger partial charge in [-0.05, 0) is 36.1 Å². The maximum Gasteiger partial charge on any atom is 0.277 e. The zero-order valence-electron chi connectivity index (χ0n) is 18.3. The van der Waals surface area contributed by atoms with E-state index in [9.17, 15) is 4.79 Å². The van der Waals surface area contributed by atoms with Crippen LogP contribution in [0.15, 0.2) is 36.5 Å². The van der Waals surface area contributed by atoms with Crippen LogP contribution in [0.3, 0.4) is 0 Å². The number of rotatable bonds is 7. The highest BCUT2D eigenvalue weighted by Crippen LogP contribution is 2.46. The third-order valence-electron chi connectivity index (χ3n) is 5.38. The van der Waals surface area contributed by atoms with Crippen LogP contribution in [0.2, 0.25) is 0 Å². The Kier molecular flexibility index (Phi) is 5.54. The van der Waals surface area contributed by atoms with Gasteiger partial charge in [0.15, 0.2) is 0 Å². The maximum absolute atomic E-state index is 13.6. The Hall–Kier alpha value is -3.55. The van der Waals surface area contributed by atoms with Crippen LogP contribution in [0.1, 0.15) is 47.2 Å². The van der Waals surface area contributed by atoms with Gasteiger partial charge in [-0.15, -0.1) is 0 Å². The molecule has 31 heavy (non-hydrogen) atoms. The molecular formula is C23H26N4O4. The Labute approximate surface area is 181 Å². The second kappa shape index (κ2) is 8.29. The smallest absolute Gasteiger partial charge is 0.277 e. The van der Waals surface area contributed by atoms with Crippen molar-refractivity contribution in [1.82, 2.24) is 15.2 Å². The minimum Gasteiger partial charge on any atom is -0.497 e. The van der Waals surface area contributed by atoms with Crippen molar-refractivity contribution in [2.45, 2.75) is 26.3 Å². The number of carbonyl (C=O) groups is 1. The molecule has 1 atom stereocenters. The number of benzene rings is 1. The minimum atomic E-state index is -0.408. The summed E-state index contributed by atoms with van der Waals surface area (Å²) in [6.07, 6.45) is 2.49. The predicted molar refractivity (Wildman–Crippen MR) is 116 cm³/mol. The third kappa shape index (κ3) is 3.58. The average molecular weight is 422 g/mol. The van der Waals surface area contributed by atoms with Crippen LogP contribution in [0.5, 0.6) is 17.4 Å². The molecule has 3 aromatic rings. The normalized spacial score (nSPS) is 15.4. The van der Waals surface area contributed by atoms with E-state index in [0.29, 0.717) is 34.7 Å². The van der Waals surface area contributed by atoms with E-state index in [1.807, 2.05) is 12.1 Å². The first-order valence-corrected chi connectivity index (χ1v) is 10.1. The summed E-state index contributed by atoms with van der Waals surface area (Å²) in [4.78, 5) is 19.7. The SMILES string of the molecule is COc1ccc(OC)c(N2C(=O)c3[nH]nc(CC(C)C)c3C2c2ccc(OC)nc2)c1. The number of aromatic nitrogens is 3. The Morgan fingerprint density at radius 2 is 1.90 bits per heavy atom. The van der Waals surface area contributed by atoms with E-state index < -0.39 is 6.04 Å². The largest absolute Gasteiger partial charge is 0.497 e. The number of nitrogens with one attached hydrogen (secondary N) is 1. The summed E-state index contributed by atoms with van der Waals surface area (Å²) in [5.74, 6) is 1.92. The fourth-order valence-electron chi connectivity index (χ4n) is 3.98. The monoisotopic (exact) mass is 422 g/mol. The van der Waals surface area contributed by atoms with Gasteiger partial charge in [0.05, 0.1) is 38.8 Å². The molecule has 1 aromatic carbocycles. The molecule has 8 heteroatoms. The zero-order chi connectivity index (χ0) is 22.1. The maximum atomic E-state index is 13.6. The van der Waals surface area contributed by atoms with E-state index in [1.54, 1.807) is 50.6 Å². The number of hydrogen-bond acceptors (Lipinski definition) is 6. The predicted octanol–water partition coefficient (Wildman–Crippen LogP) is 3.78. The van der Waals surface area contributed by atoms with Crippen LogP contribution in [0.25, 0.3) is 0 Å². The number of methoxy groups -OCH3 is 3. The van der Waals surface area contributed by atoms with Gasteiger partial charge >= 0.3 is 0 Å². The number of pyridine rings is 1. The molecular weight excluding hydrogens is 396 g/mol. The first kappa shape index (κ1) is 20.7. The van der Waals surface area contributed by atoms with Crippen molar-refractivity contribution in [2.24, 2.45) is 5.92 Å². The first-order chi connectivity index (χ1) is 15.0. The van der Waals surface area contributed by atoms with Crippen LogP contribution in [-0.4, -0.2) is 42.4 Å². The van der Waals surface area contributed by atoms with Crippen molar-refractivity contribution >= 4 is 11.6 Å². The minimum absolute atomic E-state index is 0.176. The first-order valence-electron chi connectivity index (χ1n) is 10.1. The molecule has 0 spiro atoms. The molecule has 1 aliphatic rings. The molecule has 4 rings (SSSR count). The molecule has 1 N–H and O–H groups in total. The van der Waals surface area contributed by atoms with Crippen LogP contribution >= 0.6 is 0 Å². The highest BCUT2D eigenvalue weighted by molar-refractivity contribution is 6.11. The van der Waals surface area contributed by atoms with Crippen LogP contribution < -0.4 is 19.1 Å². The summed E-state index contributed by atoms with van der Waals surface area (Å²) in [6, 6.07) is 8.71. The number of fused-ring (bicyclic) bond motifs is 1. The van der Waals surface area contributed by atoms with Gasteiger partial charge in [-0.25, -0.2) is 4.98 Å². The number of hydrogen-bond donors (Lipinski definition) is 1. The molecule has 0 radical (unpaired) electrons. The van der Waals surface area contributed by atoms with Crippen molar-refractivity contribution in [2.75, 3.05) is 26.2 Å². The number of ether oxygens (including phenoxy) is 3.